The quantitative estimate of drug-likeness (QED) is 0.878. The van der Waals surface area contributed by atoms with Gasteiger partial charge < -0.3 is 5.32 Å². The van der Waals surface area contributed by atoms with E-state index in [1.165, 1.54) is 4.31 Å². The highest BCUT2D eigenvalue weighted by Gasteiger charge is 2.40. The lowest BCUT2D eigenvalue weighted by Gasteiger charge is -2.37. The topological polar surface area (TPSA) is 66.5 Å². The second kappa shape index (κ2) is 7.60. The lowest BCUT2D eigenvalue weighted by atomic mass is 9.80. The second-order valence-electron chi connectivity index (χ2n) is 6.95. The van der Waals surface area contributed by atoms with Crippen molar-refractivity contribution in [3.63, 3.8) is 0 Å². The van der Waals surface area contributed by atoms with E-state index in [2.05, 4.69) is 5.32 Å². The minimum atomic E-state index is -3.49. The number of sulfonamides is 1. The first-order chi connectivity index (χ1) is 12.4. The number of piperidine rings is 1. The van der Waals surface area contributed by atoms with Gasteiger partial charge in [0, 0.05) is 25.0 Å². The molecule has 6 heteroatoms. The number of benzene rings is 2. The Balaban J connectivity index is 1.60. The van der Waals surface area contributed by atoms with Gasteiger partial charge in [0.15, 0.2) is 0 Å². The smallest absolute Gasteiger partial charge is 0.243 e. The molecule has 1 heterocycles. The largest absolute Gasteiger partial charge is 0.352 e. The van der Waals surface area contributed by atoms with Crippen LogP contribution in [0, 0.1) is 5.41 Å². The van der Waals surface area contributed by atoms with Crippen molar-refractivity contribution in [2.75, 3.05) is 13.1 Å². The summed E-state index contributed by atoms with van der Waals surface area (Å²) in [4.78, 5) is 12.9. The van der Waals surface area contributed by atoms with E-state index >= 15 is 0 Å². The molecule has 138 valence electrons. The highest BCUT2D eigenvalue weighted by atomic mass is 32.2. The molecule has 2 aromatic rings. The van der Waals surface area contributed by atoms with Gasteiger partial charge in [-0.1, -0.05) is 55.5 Å². The molecule has 1 aliphatic heterocycles. The molecule has 0 aromatic heterocycles. The standard InChI is InChI=1S/C20H24N2O3S/c1-20(19(23)21-16-17-8-4-2-5-9-17)12-14-22(15-13-20)26(24,25)18-10-6-3-7-11-18/h2-11H,12-16H2,1H3,(H,21,23). The summed E-state index contributed by atoms with van der Waals surface area (Å²) < 4.78 is 26.9. The zero-order chi connectivity index (χ0) is 18.6. The molecule has 5 nitrogen and oxygen atoms in total. The van der Waals surface area contributed by atoms with Crippen LogP contribution >= 0.6 is 0 Å². The van der Waals surface area contributed by atoms with Crippen LogP contribution in [0.25, 0.3) is 0 Å². The number of nitrogens with one attached hydrogen (secondary N) is 1. The van der Waals surface area contributed by atoms with Crippen LogP contribution in [0.2, 0.25) is 0 Å². The van der Waals surface area contributed by atoms with Crippen molar-refractivity contribution in [2.45, 2.75) is 31.2 Å². The first kappa shape index (κ1) is 18.6. The first-order valence-corrected chi connectivity index (χ1v) is 10.2. The molecule has 0 bridgehead atoms. The fraction of sp³-hybridized carbons (Fsp3) is 0.350. The SMILES string of the molecule is CC1(C(=O)NCc2ccccc2)CCN(S(=O)(=O)c2ccccc2)CC1. The van der Waals surface area contributed by atoms with Gasteiger partial charge in [-0.15, -0.1) is 0 Å². The average Bonchev–Trinajstić information content (AvgIpc) is 2.68. The third-order valence-corrected chi connectivity index (χ3v) is 6.96. The predicted octanol–water partition coefficient (Wildman–Crippen LogP) is 2.79. The van der Waals surface area contributed by atoms with E-state index in [9.17, 15) is 13.2 Å². The van der Waals surface area contributed by atoms with Crippen molar-refractivity contribution in [3.8, 4) is 0 Å². The molecular formula is C20H24N2O3S. The molecule has 1 N–H and O–H groups in total. The van der Waals surface area contributed by atoms with Crippen LogP contribution in [0.5, 0.6) is 0 Å². The van der Waals surface area contributed by atoms with E-state index < -0.39 is 15.4 Å². The molecule has 0 atom stereocenters. The van der Waals surface area contributed by atoms with Crippen molar-refractivity contribution in [1.29, 1.82) is 0 Å². The summed E-state index contributed by atoms with van der Waals surface area (Å²) in [6.45, 7) is 3.11. The molecule has 0 radical (unpaired) electrons. The monoisotopic (exact) mass is 372 g/mol. The Kier molecular flexibility index (Phi) is 5.44. The molecule has 2 aromatic carbocycles. The van der Waals surface area contributed by atoms with Crippen LogP contribution in [-0.2, 0) is 21.4 Å². The maximum Gasteiger partial charge on any atom is 0.243 e. The molecule has 1 aliphatic rings. The van der Waals surface area contributed by atoms with E-state index in [4.69, 9.17) is 0 Å². The molecule has 0 aliphatic carbocycles. The Bertz CT molecular complexity index is 843. The molecule has 1 fully saturated rings. The van der Waals surface area contributed by atoms with E-state index in [0.717, 1.165) is 5.56 Å². The fourth-order valence-corrected chi connectivity index (χ4v) is 4.64. The van der Waals surface area contributed by atoms with Gasteiger partial charge in [-0.05, 0) is 30.5 Å². The normalized spacial score (nSPS) is 17.6. The zero-order valence-corrected chi connectivity index (χ0v) is 15.7. The summed E-state index contributed by atoms with van der Waals surface area (Å²) in [5, 5.41) is 2.99. The van der Waals surface area contributed by atoms with Crippen LogP contribution < -0.4 is 5.32 Å². The van der Waals surface area contributed by atoms with E-state index in [1.54, 1.807) is 30.3 Å². The Morgan fingerprint density at radius 1 is 1.00 bits per heavy atom. The zero-order valence-electron chi connectivity index (χ0n) is 14.9. The number of hydrogen-bond acceptors (Lipinski definition) is 3. The molecule has 0 saturated carbocycles. The number of nitrogens with zero attached hydrogens (tertiary/aromatic N) is 1. The summed E-state index contributed by atoms with van der Waals surface area (Å²) in [5.41, 5.74) is 0.505. The van der Waals surface area contributed by atoms with Crippen molar-refractivity contribution in [1.82, 2.24) is 9.62 Å². The molecule has 0 spiro atoms. The van der Waals surface area contributed by atoms with Gasteiger partial charge in [0.2, 0.25) is 15.9 Å². The summed E-state index contributed by atoms with van der Waals surface area (Å²) >= 11 is 0. The molecular weight excluding hydrogens is 348 g/mol. The van der Waals surface area contributed by atoms with Crippen molar-refractivity contribution >= 4 is 15.9 Å². The maximum atomic E-state index is 12.7. The van der Waals surface area contributed by atoms with Gasteiger partial charge >= 0.3 is 0 Å². The molecule has 0 unspecified atom stereocenters. The van der Waals surface area contributed by atoms with E-state index in [-0.39, 0.29) is 5.91 Å². The van der Waals surface area contributed by atoms with Gasteiger partial charge in [-0.25, -0.2) is 8.42 Å². The maximum absolute atomic E-state index is 12.7. The highest BCUT2D eigenvalue weighted by Crippen LogP contribution is 2.33. The third kappa shape index (κ3) is 3.97. The Labute approximate surface area is 155 Å². The molecule has 1 saturated heterocycles. The summed E-state index contributed by atoms with van der Waals surface area (Å²) in [7, 11) is -3.49. The summed E-state index contributed by atoms with van der Waals surface area (Å²) in [6, 6.07) is 18.2. The van der Waals surface area contributed by atoms with Gasteiger partial charge in [-0.3, -0.25) is 4.79 Å². The summed E-state index contributed by atoms with van der Waals surface area (Å²) in [5.74, 6) is -0.0156. The van der Waals surface area contributed by atoms with E-state index in [0.29, 0.717) is 37.4 Å². The lowest BCUT2D eigenvalue weighted by Crippen LogP contribution is -2.48. The minimum absolute atomic E-state index is 0.0156. The second-order valence-corrected chi connectivity index (χ2v) is 8.88. The Morgan fingerprint density at radius 3 is 2.12 bits per heavy atom. The lowest BCUT2D eigenvalue weighted by molar-refractivity contribution is -0.132. The number of rotatable bonds is 5. The Morgan fingerprint density at radius 2 is 1.54 bits per heavy atom. The predicted molar refractivity (Wildman–Crippen MR) is 101 cm³/mol. The van der Waals surface area contributed by atoms with Crippen LogP contribution in [-0.4, -0.2) is 31.7 Å². The van der Waals surface area contributed by atoms with E-state index in [1.807, 2.05) is 37.3 Å². The highest BCUT2D eigenvalue weighted by molar-refractivity contribution is 7.89. The molecule has 3 rings (SSSR count). The molecule has 1 amide bonds. The van der Waals surface area contributed by atoms with Crippen molar-refractivity contribution in [2.24, 2.45) is 5.41 Å². The van der Waals surface area contributed by atoms with Crippen molar-refractivity contribution in [3.05, 3.63) is 66.2 Å². The van der Waals surface area contributed by atoms with Gasteiger partial charge in [0.1, 0.15) is 0 Å². The minimum Gasteiger partial charge on any atom is -0.352 e. The summed E-state index contributed by atoms with van der Waals surface area (Å²) in [6.07, 6.45) is 1.03. The van der Waals surface area contributed by atoms with Crippen LogP contribution in [0.3, 0.4) is 0 Å². The van der Waals surface area contributed by atoms with Crippen LogP contribution in [0.4, 0.5) is 0 Å². The first-order valence-electron chi connectivity index (χ1n) is 8.79. The number of carbonyl (C=O) groups is 1. The Hall–Kier alpha value is -2.18. The van der Waals surface area contributed by atoms with Crippen LogP contribution in [0.1, 0.15) is 25.3 Å². The van der Waals surface area contributed by atoms with Gasteiger partial charge in [0.05, 0.1) is 4.90 Å². The third-order valence-electron chi connectivity index (χ3n) is 5.05. The average molecular weight is 372 g/mol. The fourth-order valence-electron chi connectivity index (χ4n) is 3.18. The molecule has 26 heavy (non-hydrogen) atoms. The number of carbonyl (C=O) groups excluding carboxylic acids is 1. The number of hydrogen-bond donors (Lipinski definition) is 1. The van der Waals surface area contributed by atoms with Gasteiger partial charge in [0.25, 0.3) is 0 Å². The van der Waals surface area contributed by atoms with Crippen molar-refractivity contribution < 1.29 is 13.2 Å². The van der Waals surface area contributed by atoms with Gasteiger partial charge in [-0.2, -0.15) is 4.31 Å². The number of amides is 1. The van der Waals surface area contributed by atoms with Crippen LogP contribution in [0.15, 0.2) is 65.6 Å².